The first-order valence-electron chi connectivity index (χ1n) is 11.4. The highest BCUT2D eigenvalue weighted by Crippen LogP contribution is 2.34. The van der Waals surface area contributed by atoms with E-state index in [9.17, 15) is 19.2 Å². The van der Waals surface area contributed by atoms with Gasteiger partial charge in [0.15, 0.2) is 0 Å². The third-order valence-corrected chi connectivity index (χ3v) is 6.38. The van der Waals surface area contributed by atoms with Crippen LogP contribution < -0.4 is 16.6 Å². The Morgan fingerprint density at radius 2 is 1.79 bits per heavy atom. The normalized spacial score (nSPS) is 16.6. The van der Waals surface area contributed by atoms with E-state index in [4.69, 9.17) is 0 Å². The summed E-state index contributed by atoms with van der Waals surface area (Å²) < 4.78 is 1.49. The van der Waals surface area contributed by atoms with Gasteiger partial charge in [0.1, 0.15) is 5.65 Å². The second kappa shape index (κ2) is 8.86. The molecule has 0 unspecified atom stereocenters. The number of nitrogens with one attached hydrogen (secondary N) is 2. The van der Waals surface area contributed by atoms with E-state index < -0.39 is 17.2 Å². The van der Waals surface area contributed by atoms with E-state index in [1.165, 1.54) is 16.8 Å². The topological polar surface area (TPSA) is 120 Å². The summed E-state index contributed by atoms with van der Waals surface area (Å²) in [6, 6.07) is 8.63. The number of hydrogen-bond acceptors (Lipinski definition) is 6. The first-order valence-corrected chi connectivity index (χ1v) is 11.4. The van der Waals surface area contributed by atoms with E-state index in [1.807, 2.05) is 24.1 Å². The molecule has 0 bridgehead atoms. The lowest BCUT2D eigenvalue weighted by Gasteiger charge is -2.32. The van der Waals surface area contributed by atoms with Crippen LogP contribution in [0, 0.1) is 0 Å². The molecule has 176 valence electrons. The third-order valence-electron chi connectivity index (χ3n) is 6.38. The third kappa shape index (κ3) is 4.49. The monoisotopic (exact) mass is 462 g/mol. The Morgan fingerprint density at radius 1 is 1.09 bits per heavy atom. The highest BCUT2D eigenvalue weighted by Gasteiger charge is 2.28. The number of fused-ring (bicyclic) bond motifs is 1. The number of carbonyl (C=O) groups excluding carboxylic acids is 2. The van der Waals surface area contributed by atoms with Crippen molar-refractivity contribution in [3.63, 3.8) is 0 Å². The summed E-state index contributed by atoms with van der Waals surface area (Å²) in [6.07, 6.45) is 3.42. The largest absolute Gasteiger partial charge is 0.340 e. The second-order valence-electron chi connectivity index (χ2n) is 8.97. The first-order chi connectivity index (χ1) is 16.4. The second-order valence-corrected chi connectivity index (χ2v) is 8.97. The van der Waals surface area contributed by atoms with E-state index in [0.29, 0.717) is 17.8 Å². The van der Waals surface area contributed by atoms with Gasteiger partial charge in [-0.1, -0.05) is 12.1 Å². The van der Waals surface area contributed by atoms with Crippen molar-refractivity contribution in [3.05, 3.63) is 68.5 Å². The maximum atomic E-state index is 12.8. The minimum atomic E-state index is -0.562. The number of aromatic nitrogens is 3. The molecule has 1 aromatic carbocycles. The number of amides is 2. The van der Waals surface area contributed by atoms with Gasteiger partial charge in [0.05, 0.1) is 17.4 Å². The number of H-pyrrole nitrogens is 1. The molecule has 1 saturated heterocycles. The summed E-state index contributed by atoms with van der Waals surface area (Å²) in [4.78, 5) is 60.4. The van der Waals surface area contributed by atoms with Crippen molar-refractivity contribution in [2.75, 3.05) is 38.5 Å². The number of rotatable bonds is 5. The summed E-state index contributed by atoms with van der Waals surface area (Å²) in [5.74, 6) is -0.318. The SMILES string of the molecule is CN1CCN(C(=O)Cc2ccc(NC(=O)c3cnc4c(c3)c(=O)[nH]c(=O)n4C3CC3)cc2)CC1. The number of nitrogens with zero attached hydrogens (tertiary/aromatic N) is 4. The van der Waals surface area contributed by atoms with Crippen LogP contribution in [0.4, 0.5) is 5.69 Å². The molecule has 0 radical (unpaired) electrons. The van der Waals surface area contributed by atoms with E-state index >= 15 is 0 Å². The summed E-state index contributed by atoms with van der Waals surface area (Å²) >= 11 is 0. The zero-order chi connectivity index (χ0) is 23.8. The van der Waals surface area contributed by atoms with Crippen molar-refractivity contribution >= 4 is 28.5 Å². The standard InChI is InChI=1S/C24H26N6O4/c1-28-8-10-29(11-9-28)20(31)12-15-2-4-17(5-3-15)26-22(32)16-13-19-21(25-14-16)30(18-6-7-18)24(34)27-23(19)33/h2-5,13-14,18H,6-12H2,1H3,(H,26,32)(H,27,33,34). The Hall–Kier alpha value is -3.79. The average Bonchev–Trinajstić information content (AvgIpc) is 3.66. The zero-order valence-corrected chi connectivity index (χ0v) is 18.9. The van der Waals surface area contributed by atoms with Gasteiger partial charge in [-0.2, -0.15) is 0 Å². The van der Waals surface area contributed by atoms with Crippen molar-refractivity contribution in [3.8, 4) is 0 Å². The molecule has 3 aromatic rings. The van der Waals surface area contributed by atoms with Gasteiger partial charge in [-0.15, -0.1) is 0 Å². The lowest BCUT2D eigenvalue weighted by Crippen LogP contribution is -2.47. The summed E-state index contributed by atoms with van der Waals surface area (Å²) in [6.45, 7) is 3.24. The molecule has 0 spiro atoms. The van der Waals surface area contributed by atoms with Crippen LogP contribution in [-0.2, 0) is 11.2 Å². The number of anilines is 1. The fraction of sp³-hybridized carbons (Fsp3) is 0.375. The van der Waals surface area contributed by atoms with Crippen molar-refractivity contribution in [1.82, 2.24) is 24.3 Å². The maximum Gasteiger partial charge on any atom is 0.330 e. The number of likely N-dealkylation sites (N-methyl/N-ethyl adjacent to an activating group) is 1. The molecule has 2 fully saturated rings. The molecule has 1 aliphatic heterocycles. The molecule has 2 aliphatic rings. The molecule has 34 heavy (non-hydrogen) atoms. The van der Waals surface area contributed by atoms with Gasteiger partial charge in [0.2, 0.25) is 5.91 Å². The Kier molecular flexibility index (Phi) is 5.74. The van der Waals surface area contributed by atoms with Crippen molar-refractivity contribution < 1.29 is 9.59 Å². The molecule has 1 saturated carbocycles. The molecule has 2 aromatic heterocycles. The number of benzene rings is 1. The van der Waals surface area contributed by atoms with Gasteiger partial charge in [-0.25, -0.2) is 9.78 Å². The molecule has 2 amide bonds. The van der Waals surface area contributed by atoms with Gasteiger partial charge in [-0.05, 0) is 43.7 Å². The number of pyridine rings is 1. The molecule has 1 aliphatic carbocycles. The molecule has 10 nitrogen and oxygen atoms in total. The fourth-order valence-electron chi connectivity index (χ4n) is 4.18. The number of hydrogen-bond donors (Lipinski definition) is 2. The number of piperazine rings is 1. The van der Waals surface area contributed by atoms with Crippen molar-refractivity contribution in [2.24, 2.45) is 0 Å². The van der Waals surface area contributed by atoms with Crippen LogP contribution in [0.1, 0.15) is 34.8 Å². The predicted octanol–water partition coefficient (Wildman–Crippen LogP) is 0.988. The highest BCUT2D eigenvalue weighted by atomic mass is 16.2. The van der Waals surface area contributed by atoms with Crippen LogP contribution in [0.15, 0.2) is 46.1 Å². The van der Waals surface area contributed by atoms with Crippen LogP contribution in [0.2, 0.25) is 0 Å². The minimum Gasteiger partial charge on any atom is -0.340 e. The van der Waals surface area contributed by atoms with Crippen molar-refractivity contribution in [2.45, 2.75) is 25.3 Å². The Labute approximate surface area is 195 Å². The van der Waals surface area contributed by atoms with Gasteiger partial charge in [0, 0.05) is 44.1 Å². The Balaban J connectivity index is 1.27. The smallest absolute Gasteiger partial charge is 0.330 e. The van der Waals surface area contributed by atoms with Crippen molar-refractivity contribution in [1.29, 1.82) is 0 Å². The van der Waals surface area contributed by atoms with Crippen LogP contribution in [-0.4, -0.2) is 69.4 Å². The average molecular weight is 463 g/mol. The van der Waals surface area contributed by atoms with E-state index in [1.54, 1.807) is 12.1 Å². The first kappa shape index (κ1) is 22.0. The Morgan fingerprint density at radius 3 is 2.47 bits per heavy atom. The predicted molar refractivity (Wildman–Crippen MR) is 127 cm³/mol. The molecule has 2 N–H and O–H groups in total. The quantitative estimate of drug-likeness (QED) is 0.583. The van der Waals surface area contributed by atoms with Gasteiger partial charge in [-0.3, -0.25) is 23.9 Å². The van der Waals surface area contributed by atoms with E-state index in [-0.39, 0.29) is 22.9 Å². The molecule has 0 atom stereocenters. The van der Waals surface area contributed by atoms with Gasteiger partial charge >= 0.3 is 5.69 Å². The maximum absolute atomic E-state index is 12.8. The number of carbonyl (C=O) groups is 2. The van der Waals surface area contributed by atoms with E-state index in [2.05, 4.69) is 20.2 Å². The lowest BCUT2D eigenvalue weighted by atomic mass is 10.1. The Bertz CT molecular complexity index is 1360. The number of aromatic amines is 1. The summed E-state index contributed by atoms with van der Waals surface area (Å²) in [7, 11) is 2.05. The zero-order valence-electron chi connectivity index (χ0n) is 18.9. The fourth-order valence-corrected chi connectivity index (χ4v) is 4.18. The van der Waals surface area contributed by atoms with Gasteiger partial charge < -0.3 is 15.1 Å². The van der Waals surface area contributed by atoms with Crippen LogP contribution in [0.25, 0.3) is 11.0 Å². The van der Waals surface area contributed by atoms with Crippen LogP contribution in [0.5, 0.6) is 0 Å². The molecular formula is C24H26N6O4. The van der Waals surface area contributed by atoms with E-state index in [0.717, 1.165) is 44.6 Å². The minimum absolute atomic E-state index is 0.0423. The summed E-state index contributed by atoms with van der Waals surface area (Å²) in [5.41, 5.74) is 0.913. The highest BCUT2D eigenvalue weighted by molar-refractivity contribution is 6.05. The van der Waals surface area contributed by atoms with Crippen LogP contribution in [0.3, 0.4) is 0 Å². The molecular weight excluding hydrogens is 436 g/mol. The lowest BCUT2D eigenvalue weighted by molar-refractivity contribution is -0.132. The molecule has 3 heterocycles. The van der Waals surface area contributed by atoms with Gasteiger partial charge in [0.25, 0.3) is 11.5 Å². The van der Waals surface area contributed by atoms with Crippen LogP contribution >= 0.6 is 0 Å². The molecule has 5 rings (SSSR count). The molecule has 10 heteroatoms. The summed E-state index contributed by atoms with van der Waals surface area (Å²) in [5, 5.41) is 3.00.